The second kappa shape index (κ2) is 4.81. The van der Waals surface area contributed by atoms with Crippen LogP contribution in [0.1, 0.15) is 0 Å². The number of rotatable bonds is 3. The van der Waals surface area contributed by atoms with Crippen LogP contribution in [0, 0.1) is 0 Å². The first-order valence-electron chi connectivity index (χ1n) is 3.42. The first-order chi connectivity index (χ1) is 6.15. The van der Waals surface area contributed by atoms with Crippen molar-refractivity contribution in [3.63, 3.8) is 0 Å². The second-order valence-electron chi connectivity index (χ2n) is 2.15. The monoisotopic (exact) mass is 268 g/mol. The summed E-state index contributed by atoms with van der Waals surface area (Å²) in [5.74, 6) is 0.168. The maximum Gasteiger partial charge on any atom is 0.387 e. The fourth-order valence-corrected chi connectivity index (χ4v) is 2.17. The fourth-order valence-electron chi connectivity index (χ4n) is 0.835. The minimum Gasteiger partial charge on any atom is -0.434 e. The Morgan fingerprint density at radius 2 is 2.15 bits per heavy atom. The van der Waals surface area contributed by atoms with Crippen LogP contribution in [0.15, 0.2) is 27.6 Å². The van der Waals surface area contributed by atoms with Crippen molar-refractivity contribution in [2.24, 2.45) is 0 Å². The zero-order chi connectivity index (χ0) is 9.84. The maximum absolute atomic E-state index is 11.9. The summed E-state index contributed by atoms with van der Waals surface area (Å²) in [4.78, 5) is 0.873. The molecule has 13 heavy (non-hydrogen) atoms. The Morgan fingerprint density at radius 1 is 1.46 bits per heavy atom. The van der Waals surface area contributed by atoms with Crippen LogP contribution in [-0.4, -0.2) is 12.9 Å². The Hall–Kier alpha value is -0.290. The van der Waals surface area contributed by atoms with Crippen LogP contribution < -0.4 is 4.74 Å². The average molecular weight is 269 g/mol. The number of benzene rings is 1. The Labute approximate surface area is 87.6 Å². The molecule has 0 heterocycles. The van der Waals surface area contributed by atoms with Crippen LogP contribution in [0.5, 0.6) is 5.75 Å². The number of hydrogen-bond donors (Lipinski definition) is 0. The molecule has 0 bridgehead atoms. The van der Waals surface area contributed by atoms with Crippen molar-refractivity contribution >= 4 is 27.7 Å². The highest BCUT2D eigenvalue weighted by molar-refractivity contribution is 9.10. The summed E-state index contributed by atoms with van der Waals surface area (Å²) in [6.07, 6.45) is 1.87. The van der Waals surface area contributed by atoms with E-state index in [-0.39, 0.29) is 5.75 Å². The Bertz CT molecular complexity index is 293. The van der Waals surface area contributed by atoms with Crippen molar-refractivity contribution in [3.05, 3.63) is 22.7 Å². The van der Waals surface area contributed by atoms with Crippen molar-refractivity contribution in [2.75, 3.05) is 6.26 Å². The highest BCUT2D eigenvalue weighted by Crippen LogP contribution is 2.34. The number of hydrogen-bond acceptors (Lipinski definition) is 2. The molecule has 0 N–H and O–H groups in total. The van der Waals surface area contributed by atoms with Crippen LogP contribution in [0.4, 0.5) is 8.78 Å². The lowest BCUT2D eigenvalue weighted by molar-refractivity contribution is -0.0505. The molecule has 0 saturated carbocycles. The Morgan fingerprint density at radius 3 is 2.69 bits per heavy atom. The first-order valence-corrected chi connectivity index (χ1v) is 5.44. The molecule has 0 radical (unpaired) electrons. The summed E-state index contributed by atoms with van der Waals surface area (Å²) in [7, 11) is 0. The normalized spacial score (nSPS) is 10.5. The third-order valence-electron chi connectivity index (χ3n) is 1.36. The van der Waals surface area contributed by atoms with E-state index in [2.05, 4.69) is 20.7 Å². The highest BCUT2D eigenvalue weighted by atomic mass is 79.9. The molecule has 0 aromatic heterocycles. The summed E-state index contributed by atoms with van der Waals surface area (Å²) in [6.45, 7) is -2.78. The SMILES string of the molecule is CSc1cccc(OC(F)F)c1Br. The Kier molecular flexibility index (Phi) is 3.99. The van der Waals surface area contributed by atoms with Crippen molar-refractivity contribution in [3.8, 4) is 5.75 Å². The average Bonchev–Trinajstić information content (AvgIpc) is 2.08. The topological polar surface area (TPSA) is 9.23 Å². The van der Waals surface area contributed by atoms with Gasteiger partial charge in [-0.3, -0.25) is 0 Å². The summed E-state index contributed by atoms with van der Waals surface area (Å²) >= 11 is 4.66. The summed E-state index contributed by atoms with van der Waals surface area (Å²) < 4.78 is 28.6. The van der Waals surface area contributed by atoms with E-state index in [0.29, 0.717) is 4.47 Å². The number of alkyl halides is 2. The molecule has 1 aromatic rings. The van der Waals surface area contributed by atoms with Crippen molar-refractivity contribution in [2.45, 2.75) is 11.5 Å². The highest BCUT2D eigenvalue weighted by Gasteiger charge is 2.10. The molecule has 1 nitrogen and oxygen atoms in total. The van der Waals surface area contributed by atoms with E-state index in [1.54, 1.807) is 6.07 Å². The zero-order valence-electron chi connectivity index (χ0n) is 6.76. The minimum atomic E-state index is -2.78. The molecule has 0 unspecified atom stereocenters. The van der Waals surface area contributed by atoms with Gasteiger partial charge in [0.1, 0.15) is 5.75 Å². The van der Waals surface area contributed by atoms with E-state index in [0.717, 1.165) is 4.90 Å². The van der Waals surface area contributed by atoms with Gasteiger partial charge in [0.05, 0.1) is 4.47 Å². The van der Waals surface area contributed by atoms with Gasteiger partial charge in [0, 0.05) is 4.90 Å². The van der Waals surface area contributed by atoms with Gasteiger partial charge in [-0.25, -0.2) is 0 Å². The molecule has 0 aliphatic rings. The van der Waals surface area contributed by atoms with Crippen molar-refractivity contribution in [1.82, 2.24) is 0 Å². The standard InChI is InChI=1S/C8H7BrF2OS/c1-13-6-4-2-3-5(7(6)9)12-8(10)11/h2-4,8H,1H3. The third-order valence-corrected chi connectivity index (χ3v) is 3.22. The molecular weight excluding hydrogens is 262 g/mol. The quantitative estimate of drug-likeness (QED) is 0.772. The van der Waals surface area contributed by atoms with Gasteiger partial charge in [0.25, 0.3) is 0 Å². The van der Waals surface area contributed by atoms with Gasteiger partial charge >= 0.3 is 6.61 Å². The fraction of sp³-hybridized carbons (Fsp3) is 0.250. The van der Waals surface area contributed by atoms with Crippen LogP contribution in [-0.2, 0) is 0 Å². The van der Waals surface area contributed by atoms with Crippen molar-refractivity contribution < 1.29 is 13.5 Å². The molecule has 0 atom stereocenters. The Balaban J connectivity index is 2.94. The maximum atomic E-state index is 11.9. The van der Waals surface area contributed by atoms with E-state index in [4.69, 9.17) is 0 Å². The molecule has 1 rings (SSSR count). The van der Waals surface area contributed by atoms with E-state index in [1.165, 1.54) is 17.8 Å². The lowest BCUT2D eigenvalue weighted by Crippen LogP contribution is -2.02. The van der Waals surface area contributed by atoms with Gasteiger partial charge in [-0.1, -0.05) is 6.07 Å². The molecule has 0 fully saturated rings. The molecular formula is C8H7BrF2OS. The molecule has 1 aromatic carbocycles. The number of ether oxygens (including phenoxy) is 1. The third kappa shape index (κ3) is 2.84. The van der Waals surface area contributed by atoms with Crippen LogP contribution in [0.3, 0.4) is 0 Å². The van der Waals surface area contributed by atoms with Gasteiger partial charge in [-0.2, -0.15) is 8.78 Å². The smallest absolute Gasteiger partial charge is 0.387 e. The number of halogens is 3. The minimum absolute atomic E-state index is 0.168. The largest absolute Gasteiger partial charge is 0.434 e. The molecule has 0 aliphatic heterocycles. The molecule has 0 spiro atoms. The van der Waals surface area contributed by atoms with E-state index >= 15 is 0 Å². The molecule has 5 heteroatoms. The summed E-state index contributed by atoms with van der Waals surface area (Å²) in [5, 5.41) is 0. The molecule has 0 amide bonds. The molecule has 72 valence electrons. The van der Waals surface area contributed by atoms with Crippen molar-refractivity contribution in [1.29, 1.82) is 0 Å². The van der Waals surface area contributed by atoms with E-state index < -0.39 is 6.61 Å². The van der Waals surface area contributed by atoms with E-state index in [1.807, 2.05) is 12.3 Å². The van der Waals surface area contributed by atoms with E-state index in [9.17, 15) is 8.78 Å². The lowest BCUT2D eigenvalue weighted by Gasteiger charge is -2.08. The van der Waals surface area contributed by atoms with Gasteiger partial charge in [0.15, 0.2) is 0 Å². The van der Waals surface area contributed by atoms with Crippen LogP contribution in [0.2, 0.25) is 0 Å². The first kappa shape index (κ1) is 10.8. The molecule has 0 saturated heterocycles. The van der Waals surface area contributed by atoms with Gasteiger partial charge in [-0.15, -0.1) is 11.8 Å². The zero-order valence-corrected chi connectivity index (χ0v) is 9.16. The van der Waals surface area contributed by atoms with Gasteiger partial charge < -0.3 is 4.74 Å². The summed E-state index contributed by atoms with van der Waals surface area (Å²) in [6, 6.07) is 5.00. The van der Waals surface area contributed by atoms with Gasteiger partial charge in [0.2, 0.25) is 0 Å². The number of thioether (sulfide) groups is 1. The van der Waals surface area contributed by atoms with Crippen LogP contribution in [0.25, 0.3) is 0 Å². The molecule has 0 aliphatic carbocycles. The van der Waals surface area contributed by atoms with Gasteiger partial charge in [-0.05, 0) is 34.3 Å². The predicted octanol–water partition coefficient (Wildman–Crippen LogP) is 3.77. The summed E-state index contributed by atoms with van der Waals surface area (Å²) in [5.41, 5.74) is 0. The lowest BCUT2D eigenvalue weighted by atomic mass is 10.3. The van der Waals surface area contributed by atoms with Crippen LogP contribution >= 0.6 is 27.7 Å². The predicted molar refractivity (Wildman–Crippen MR) is 52.6 cm³/mol. The second-order valence-corrected chi connectivity index (χ2v) is 3.79.